The van der Waals surface area contributed by atoms with Gasteiger partial charge in [0.2, 0.25) is 0 Å². The van der Waals surface area contributed by atoms with E-state index in [4.69, 9.17) is 11.6 Å². The van der Waals surface area contributed by atoms with Gasteiger partial charge in [0.15, 0.2) is 0 Å². The Morgan fingerprint density at radius 3 is 3.00 bits per heavy atom. The molecule has 0 aliphatic carbocycles. The lowest BCUT2D eigenvalue weighted by atomic mass is 10.2. The molecule has 1 amide bonds. The van der Waals surface area contributed by atoms with E-state index in [2.05, 4.69) is 20.5 Å². The van der Waals surface area contributed by atoms with Gasteiger partial charge in [0.05, 0.1) is 11.9 Å². The lowest BCUT2D eigenvalue weighted by Gasteiger charge is -1.98. The average Bonchev–Trinajstić information content (AvgIpc) is 2.96. The zero-order valence-electron chi connectivity index (χ0n) is 9.20. The summed E-state index contributed by atoms with van der Waals surface area (Å²) in [5.74, 6) is -0.219. The van der Waals surface area contributed by atoms with Gasteiger partial charge in [-0.3, -0.25) is 9.89 Å². The van der Waals surface area contributed by atoms with Crippen molar-refractivity contribution in [3.05, 3.63) is 47.4 Å². The number of halogens is 1. The minimum Gasteiger partial charge on any atom is -0.351 e. The molecule has 0 saturated heterocycles. The molecule has 0 aliphatic rings. The van der Waals surface area contributed by atoms with E-state index in [1.807, 2.05) is 12.1 Å². The Morgan fingerprint density at radius 1 is 1.33 bits per heavy atom. The zero-order valence-corrected chi connectivity index (χ0v) is 9.95. The number of hydrogen-bond donors (Lipinski definition) is 3. The van der Waals surface area contributed by atoms with E-state index < -0.39 is 0 Å². The molecule has 0 saturated carbocycles. The van der Waals surface area contributed by atoms with Gasteiger partial charge in [0.25, 0.3) is 5.91 Å². The smallest absolute Gasteiger partial charge is 0.272 e. The van der Waals surface area contributed by atoms with E-state index in [1.54, 1.807) is 18.3 Å². The van der Waals surface area contributed by atoms with Crippen molar-refractivity contribution in [1.82, 2.24) is 15.2 Å². The molecule has 0 bridgehead atoms. The van der Waals surface area contributed by atoms with Crippen LogP contribution in [-0.4, -0.2) is 21.1 Å². The number of carbonyl (C=O) groups is 1. The molecule has 6 heteroatoms. The van der Waals surface area contributed by atoms with Gasteiger partial charge < -0.3 is 10.3 Å². The Hall–Kier alpha value is -2.27. The van der Waals surface area contributed by atoms with Crippen LogP contribution in [0.4, 0.5) is 5.69 Å². The number of rotatable bonds is 2. The number of aromatic amines is 2. The van der Waals surface area contributed by atoms with Gasteiger partial charge in [-0.2, -0.15) is 5.10 Å². The van der Waals surface area contributed by atoms with E-state index in [0.29, 0.717) is 16.4 Å². The molecule has 0 unspecified atom stereocenters. The third kappa shape index (κ3) is 1.96. The topological polar surface area (TPSA) is 73.6 Å². The number of amides is 1. The van der Waals surface area contributed by atoms with E-state index in [0.717, 1.165) is 10.9 Å². The number of nitrogens with one attached hydrogen (secondary N) is 3. The van der Waals surface area contributed by atoms with Gasteiger partial charge in [-0.1, -0.05) is 11.6 Å². The quantitative estimate of drug-likeness (QED) is 0.663. The van der Waals surface area contributed by atoms with E-state index >= 15 is 0 Å². The van der Waals surface area contributed by atoms with Crippen LogP contribution in [0.25, 0.3) is 10.9 Å². The molecule has 90 valence electrons. The van der Waals surface area contributed by atoms with Crippen LogP contribution in [-0.2, 0) is 0 Å². The van der Waals surface area contributed by atoms with E-state index in [-0.39, 0.29) is 5.91 Å². The Morgan fingerprint density at radius 2 is 2.22 bits per heavy atom. The number of nitrogens with zero attached hydrogens (tertiary/aromatic N) is 1. The summed E-state index contributed by atoms with van der Waals surface area (Å²) in [5.41, 5.74) is 1.97. The highest BCUT2D eigenvalue weighted by molar-refractivity contribution is 6.31. The molecule has 18 heavy (non-hydrogen) atoms. The van der Waals surface area contributed by atoms with Gasteiger partial charge in [0, 0.05) is 22.1 Å². The minimum atomic E-state index is -0.219. The maximum atomic E-state index is 11.9. The summed E-state index contributed by atoms with van der Waals surface area (Å²) in [4.78, 5) is 15.0. The van der Waals surface area contributed by atoms with Crippen molar-refractivity contribution in [2.24, 2.45) is 0 Å². The molecule has 5 nitrogen and oxygen atoms in total. The van der Waals surface area contributed by atoms with Crippen LogP contribution in [0.5, 0.6) is 0 Å². The summed E-state index contributed by atoms with van der Waals surface area (Å²) in [6.45, 7) is 0. The second-order valence-corrected chi connectivity index (χ2v) is 4.29. The monoisotopic (exact) mass is 260 g/mol. The van der Waals surface area contributed by atoms with Crippen molar-refractivity contribution < 1.29 is 4.79 Å². The molecule has 2 aromatic heterocycles. The molecule has 1 aromatic carbocycles. The van der Waals surface area contributed by atoms with Crippen LogP contribution in [0.3, 0.4) is 0 Å². The number of anilines is 1. The molecule has 0 radical (unpaired) electrons. The van der Waals surface area contributed by atoms with Gasteiger partial charge in [-0.25, -0.2) is 0 Å². The van der Waals surface area contributed by atoms with Crippen molar-refractivity contribution in [3.8, 4) is 0 Å². The molecule has 0 aliphatic heterocycles. The van der Waals surface area contributed by atoms with Crippen molar-refractivity contribution in [1.29, 1.82) is 0 Å². The average molecular weight is 261 g/mol. The van der Waals surface area contributed by atoms with Crippen LogP contribution < -0.4 is 5.32 Å². The molecule has 3 aromatic rings. The molecule has 2 heterocycles. The fraction of sp³-hybridized carbons (Fsp3) is 0. The number of aromatic nitrogens is 3. The Kier molecular flexibility index (Phi) is 2.53. The zero-order chi connectivity index (χ0) is 12.5. The SMILES string of the molecule is O=C(Nc1cn[nH]c1)c1cc2cc(Cl)ccc2[nH]1. The minimum absolute atomic E-state index is 0.219. The highest BCUT2D eigenvalue weighted by Gasteiger charge is 2.10. The molecule has 0 spiro atoms. The van der Waals surface area contributed by atoms with Crippen LogP contribution in [0.2, 0.25) is 5.02 Å². The maximum Gasteiger partial charge on any atom is 0.272 e. The van der Waals surface area contributed by atoms with E-state index in [1.165, 1.54) is 6.20 Å². The standard InChI is InChI=1S/C12H9ClN4O/c13-8-1-2-10-7(3-8)4-11(17-10)12(18)16-9-5-14-15-6-9/h1-6,17H,(H,14,15)(H,16,18). The van der Waals surface area contributed by atoms with Crippen LogP contribution >= 0.6 is 11.6 Å². The second-order valence-electron chi connectivity index (χ2n) is 3.86. The number of H-pyrrole nitrogens is 2. The summed E-state index contributed by atoms with van der Waals surface area (Å²) >= 11 is 5.90. The molecule has 0 atom stereocenters. The van der Waals surface area contributed by atoms with Crippen molar-refractivity contribution in [2.45, 2.75) is 0 Å². The summed E-state index contributed by atoms with van der Waals surface area (Å²) in [5, 5.41) is 10.6. The summed E-state index contributed by atoms with van der Waals surface area (Å²) in [6.07, 6.45) is 3.15. The number of benzene rings is 1. The maximum absolute atomic E-state index is 11.9. The predicted molar refractivity (Wildman–Crippen MR) is 69.8 cm³/mol. The first-order valence-corrected chi connectivity index (χ1v) is 5.68. The van der Waals surface area contributed by atoms with Crippen molar-refractivity contribution in [2.75, 3.05) is 5.32 Å². The van der Waals surface area contributed by atoms with Gasteiger partial charge in [-0.05, 0) is 24.3 Å². The Labute approximate surface area is 107 Å². The first-order chi connectivity index (χ1) is 8.72. The molecular weight excluding hydrogens is 252 g/mol. The third-order valence-electron chi connectivity index (χ3n) is 2.58. The summed E-state index contributed by atoms with van der Waals surface area (Å²) < 4.78 is 0. The lowest BCUT2D eigenvalue weighted by molar-refractivity contribution is 0.102. The van der Waals surface area contributed by atoms with Gasteiger partial charge in [-0.15, -0.1) is 0 Å². The fourth-order valence-electron chi connectivity index (χ4n) is 1.74. The van der Waals surface area contributed by atoms with Crippen LogP contribution in [0.15, 0.2) is 36.7 Å². The van der Waals surface area contributed by atoms with Crippen molar-refractivity contribution in [3.63, 3.8) is 0 Å². The first-order valence-electron chi connectivity index (χ1n) is 5.31. The molecule has 3 rings (SSSR count). The number of carbonyl (C=O) groups excluding carboxylic acids is 1. The summed E-state index contributed by atoms with van der Waals surface area (Å²) in [7, 11) is 0. The van der Waals surface area contributed by atoms with Crippen molar-refractivity contribution >= 4 is 34.1 Å². The second kappa shape index (κ2) is 4.19. The lowest BCUT2D eigenvalue weighted by Crippen LogP contribution is -2.11. The third-order valence-corrected chi connectivity index (χ3v) is 2.82. The van der Waals surface area contributed by atoms with E-state index in [9.17, 15) is 4.79 Å². The Balaban J connectivity index is 1.92. The highest BCUT2D eigenvalue weighted by Crippen LogP contribution is 2.20. The van der Waals surface area contributed by atoms with Gasteiger partial charge >= 0.3 is 0 Å². The molecule has 0 fully saturated rings. The number of hydrogen-bond acceptors (Lipinski definition) is 2. The largest absolute Gasteiger partial charge is 0.351 e. The van der Waals surface area contributed by atoms with Crippen LogP contribution in [0, 0.1) is 0 Å². The first kappa shape index (κ1) is 10.9. The van der Waals surface area contributed by atoms with Crippen LogP contribution in [0.1, 0.15) is 10.5 Å². The number of fused-ring (bicyclic) bond motifs is 1. The normalized spacial score (nSPS) is 10.7. The molecule has 3 N–H and O–H groups in total. The van der Waals surface area contributed by atoms with Gasteiger partial charge in [0.1, 0.15) is 5.69 Å². The predicted octanol–water partition coefficient (Wildman–Crippen LogP) is 2.80. The molecular formula is C12H9ClN4O. The Bertz CT molecular complexity index is 702. The highest BCUT2D eigenvalue weighted by atomic mass is 35.5. The summed E-state index contributed by atoms with van der Waals surface area (Å²) in [6, 6.07) is 7.18. The fourth-order valence-corrected chi connectivity index (χ4v) is 1.92.